The summed E-state index contributed by atoms with van der Waals surface area (Å²) in [5, 5.41) is -0.415. The molecule has 0 unspecified atom stereocenters. The first kappa shape index (κ1) is 11.1. The monoisotopic (exact) mass is 401 g/mol. The van der Waals surface area contributed by atoms with Gasteiger partial charge in [-0.25, -0.2) is 8.78 Å². The fourth-order valence-electron chi connectivity index (χ4n) is 2.55. The topological polar surface area (TPSA) is 33.2 Å². The van der Waals surface area contributed by atoms with E-state index in [2.05, 4.69) is 4.98 Å². The lowest BCUT2D eigenvalue weighted by molar-refractivity contribution is 0.0389. The van der Waals surface area contributed by atoms with Gasteiger partial charge in [-0.15, -0.1) is 0 Å². The molecule has 1 aromatic carbocycles. The first-order chi connectivity index (χ1) is 16.3. The second kappa shape index (κ2) is 8.34. The molecular formula is C21H23ClF2N2O. The largest absolute Gasteiger partial charge is 0.338 e. The van der Waals surface area contributed by atoms with Crippen LogP contribution in [0.5, 0.6) is 0 Å². The van der Waals surface area contributed by atoms with Crippen LogP contribution < -0.4 is 0 Å². The summed E-state index contributed by atoms with van der Waals surface area (Å²) in [5.41, 5.74) is -3.03. The number of hydrogen-bond acceptors (Lipinski definition) is 2. The van der Waals surface area contributed by atoms with Crippen molar-refractivity contribution >= 4 is 17.5 Å². The number of piperidine rings is 1. The summed E-state index contributed by atoms with van der Waals surface area (Å²) in [5.74, 6) is -1.96. The molecule has 0 N–H and O–H groups in total. The zero-order valence-electron chi connectivity index (χ0n) is 23.2. The quantitative estimate of drug-likeness (QED) is 0.694. The van der Waals surface area contributed by atoms with Gasteiger partial charge in [0.25, 0.3) is 5.91 Å². The van der Waals surface area contributed by atoms with Crippen LogP contribution in [0.3, 0.4) is 0 Å². The molecule has 1 aliphatic rings. The van der Waals surface area contributed by atoms with Gasteiger partial charge in [0.1, 0.15) is 11.5 Å². The predicted molar refractivity (Wildman–Crippen MR) is 102 cm³/mol. The Hall–Kier alpha value is -2.01. The Morgan fingerprint density at radius 1 is 1.41 bits per heavy atom. The molecule has 1 aliphatic heterocycles. The Morgan fingerprint density at radius 2 is 2.19 bits per heavy atom. The van der Waals surface area contributed by atoms with Gasteiger partial charge in [0, 0.05) is 42.8 Å². The van der Waals surface area contributed by atoms with Gasteiger partial charge in [-0.2, -0.15) is 0 Å². The smallest absolute Gasteiger partial charge is 0.253 e. The molecule has 0 spiro atoms. The number of aryl methyl sites for hydroxylation is 2. The van der Waals surface area contributed by atoms with E-state index in [0.29, 0.717) is 0 Å². The van der Waals surface area contributed by atoms with Crippen LogP contribution in [0.1, 0.15) is 59.6 Å². The number of alkyl halides is 1. The van der Waals surface area contributed by atoms with E-state index in [0.717, 1.165) is 24.4 Å². The second-order valence-electron chi connectivity index (χ2n) is 6.20. The Labute approximate surface area is 176 Å². The lowest BCUT2D eigenvalue weighted by Gasteiger charge is -2.36. The third-order valence-corrected chi connectivity index (χ3v) is 4.41. The van der Waals surface area contributed by atoms with E-state index in [-0.39, 0.29) is 21.7 Å². The van der Waals surface area contributed by atoms with Crippen molar-refractivity contribution in [2.24, 2.45) is 0 Å². The molecule has 0 aliphatic carbocycles. The van der Waals surface area contributed by atoms with E-state index < -0.39 is 74.3 Å². The summed E-state index contributed by atoms with van der Waals surface area (Å²) < 4.78 is 101. The number of rotatable bonds is 5. The molecule has 3 rings (SSSR count). The van der Waals surface area contributed by atoms with Gasteiger partial charge < -0.3 is 4.90 Å². The number of pyridine rings is 1. The van der Waals surface area contributed by atoms with Gasteiger partial charge in [-0.1, -0.05) is 17.7 Å². The molecule has 27 heavy (non-hydrogen) atoms. The number of aromatic nitrogens is 1. The summed E-state index contributed by atoms with van der Waals surface area (Å²) in [6.07, 6.45) is -4.16. The predicted octanol–water partition coefficient (Wildman–Crippen LogP) is 5.15. The maximum atomic E-state index is 15.8. The standard InChI is InChI=1S/C21H23ClF2N2O/c1-15-4-6-17(25-14-15)3-2-8-21(24)9-11-26(12-10-21)20(27)16-5-7-19(23)18(22)13-16/h4-7,13-14H,2-3,8-12H2,1H3/i1D3,3D2,11D2,12D2. The average molecular weight is 402 g/mol. The van der Waals surface area contributed by atoms with Gasteiger partial charge in [-0.3, -0.25) is 9.78 Å². The van der Waals surface area contributed by atoms with Crippen LogP contribution in [0.25, 0.3) is 0 Å². The zero-order chi connectivity index (χ0) is 27.3. The van der Waals surface area contributed by atoms with Crippen molar-refractivity contribution in [2.75, 3.05) is 13.0 Å². The van der Waals surface area contributed by atoms with Crippen LogP contribution in [0.4, 0.5) is 8.78 Å². The molecule has 1 amide bonds. The Bertz CT molecular complexity index is 1130. The summed E-state index contributed by atoms with van der Waals surface area (Å²) in [6.45, 7) is -8.04. The van der Waals surface area contributed by atoms with Crippen molar-refractivity contribution in [3.8, 4) is 0 Å². The number of halogens is 3. The fourth-order valence-corrected chi connectivity index (χ4v) is 2.73. The van der Waals surface area contributed by atoms with Crippen LogP contribution in [0.15, 0.2) is 36.5 Å². The Kier molecular flexibility index (Phi) is 3.43. The van der Waals surface area contributed by atoms with Gasteiger partial charge in [0.2, 0.25) is 0 Å². The highest BCUT2D eigenvalue weighted by Gasteiger charge is 2.35. The van der Waals surface area contributed by atoms with E-state index in [1.807, 2.05) is 0 Å². The Morgan fingerprint density at radius 3 is 2.81 bits per heavy atom. The highest BCUT2D eigenvalue weighted by molar-refractivity contribution is 6.31. The fraction of sp³-hybridized carbons (Fsp3) is 0.429. The van der Waals surface area contributed by atoms with Crippen LogP contribution in [-0.2, 0) is 6.37 Å². The summed E-state index contributed by atoms with van der Waals surface area (Å²) in [7, 11) is 0. The van der Waals surface area contributed by atoms with Crippen molar-refractivity contribution in [3.05, 3.63) is 64.2 Å². The van der Waals surface area contributed by atoms with Crippen molar-refractivity contribution in [3.63, 3.8) is 0 Å². The van der Waals surface area contributed by atoms with Crippen molar-refractivity contribution in [1.82, 2.24) is 9.88 Å². The van der Waals surface area contributed by atoms with Gasteiger partial charge in [-0.05, 0) is 68.7 Å². The van der Waals surface area contributed by atoms with Crippen LogP contribution in [0, 0.1) is 12.7 Å². The van der Waals surface area contributed by atoms with E-state index in [1.165, 1.54) is 12.1 Å². The molecule has 2 aromatic rings. The molecule has 1 fully saturated rings. The number of nitrogens with zero attached hydrogens (tertiary/aromatic N) is 2. The number of hydrogen-bond donors (Lipinski definition) is 0. The highest BCUT2D eigenvalue weighted by Crippen LogP contribution is 2.32. The molecule has 1 aromatic heterocycles. The molecule has 0 radical (unpaired) electrons. The van der Waals surface area contributed by atoms with Crippen molar-refractivity contribution in [1.29, 1.82) is 0 Å². The van der Waals surface area contributed by atoms with Gasteiger partial charge in [0.15, 0.2) is 0 Å². The van der Waals surface area contributed by atoms with E-state index in [4.69, 9.17) is 23.9 Å². The molecule has 0 bridgehead atoms. The number of amides is 1. The summed E-state index contributed by atoms with van der Waals surface area (Å²) in [4.78, 5) is 17.1. The number of likely N-dealkylation sites (tertiary alicyclic amines) is 1. The summed E-state index contributed by atoms with van der Waals surface area (Å²) in [6, 6.07) is 5.21. The number of benzene rings is 1. The SMILES string of the molecule is [2H]C([2H])([2H])c1ccc(C([2H])([2H])CCC2(F)CC([2H])([2H])N(C(=O)c3ccc(F)c(Cl)c3)C([2H])([2H])C2)nc1. The molecule has 3 nitrogen and oxygen atoms in total. The van der Waals surface area contributed by atoms with Crippen LogP contribution in [-0.4, -0.2) is 34.5 Å². The van der Waals surface area contributed by atoms with E-state index in [1.54, 1.807) is 0 Å². The number of carbonyl (C=O) groups is 1. The molecule has 1 saturated heterocycles. The minimum Gasteiger partial charge on any atom is -0.338 e. The maximum Gasteiger partial charge on any atom is 0.253 e. The maximum absolute atomic E-state index is 15.8. The molecular weight excluding hydrogens is 370 g/mol. The lowest BCUT2D eigenvalue weighted by Crippen LogP contribution is -2.44. The van der Waals surface area contributed by atoms with E-state index in [9.17, 15) is 9.18 Å². The van der Waals surface area contributed by atoms with Gasteiger partial charge in [0.05, 0.1) is 5.02 Å². The average Bonchev–Trinajstić information content (AvgIpc) is 2.72. The molecule has 144 valence electrons. The molecule has 6 heteroatoms. The third-order valence-electron chi connectivity index (χ3n) is 4.12. The van der Waals surface area contributed by atoms with Crippen LogP contribution >= 0.6 is 11.6 Å². The minimum atomic E-state index is -2.80. The first-order valence-electron chi connectivity index (χ1n) is 12.7. The second-order valence-corrected chi connectivity index (χ2v) is 6.61. The zero-order valence-corrected chi connectivity index (χ0v) is 15.0. The lowest BCUT2D eigenvalue weighted by atomic mass is 9.87. The normalized spacial score (nSPS) is 26.0. The van der Waals surface area contributed by atoms with Crippen LogP contribution in [0.2, 0.25) is 5.02 Å². The number of carbonyl (C=O) groups excluding carboxylic acids is 1. The summed E-state index contributed by atoms with van der Waals surface area (Å²) >= 11 is 5.69. The molecule has 2 heterocycles. The van der Waals surface area contributed by atoms with E-state index >= 15 is 4.39 Å². The minimum absolute atomic E-state index is 0.0927. The molecule has 0 saturated carbocycles. The Balaban J connectivity index is 1.80. The van der Waals surface area contributed by atoms with Crippen molar-refractivity contribution < 1.29 is 25.9 Å². The first-order valence-corrected chi connectivity index (χ1v) is 8.61. The highest BCUT2D eigenvalue weighted by atomic mass is 35.5. The third kappa shape index (κ3) is 5.04. The van der Waals surface area contributed by atoms with Crippen molar-refractivity contribution in [2.45, 2.75) is 44.6 Å². The van der Waals surface area contributed by atoms with Gasteiger partial charge >= 0.3 is 0 Å². The molecule has 0 atom stereocenters.